The van der Waals surface area contributed by atoms with Crippen molar-refractivity contribution >= 4 is 18.0 Å². The number of benzene rings is 1. The highest BCUT2D eigenvalue weighted by atomic mass is 16.5. The van der Waals surface area contributed by atoms with Crippen molar-refractivity contribution < 1.29 is 23.9 Å². The lowest BCUT2D eigenvalue weighted by Gasteiger charge is -2.09. The minimum atomic E-state index is -1.36. The first-order chi connectivity index (χ1) is 13.2. The van der Waals surface area contributed by atoms with Gasteiger partial charge in [-0.1, -0.05) is 76.8 Å². The number of ketones is 2. The van der Waals surface area contributed by atoms with E-state index in [4.69, 9.17) is 4.74 Å². The van der Waals surface area contributed by atoms with Gasteiger partial charge in [0.2, 0.25) is 17.7 Å². The molecule has 0 radical (unpaired) electrons. The molecule has 1 aromatic carbocycles. The standard InChI is InChI=1S/C22H30O5/c1-2-3-4-5-6-7-8-9-10-11-15-26-18-14-12-13-17-19(18)21(25)22(20(17)24)27-16-23/h12-14,16,22H,2-11,15H2,1H3. The van der Waals surface area contributed by atoms with E-state index in [-0.39, 0.29) is 17.6 Å². The summed E-state index contributed by atoms with van der Waals surface area (Å²) in [5.74, 6) is -0.578. The van der Waals surface area contributed by atoms with E-state index in [0.29, 0.717) is 12.4 Å². The van der Waals surface area contributed by atoms with Crippen LogP contribution in [0.3, 0.4) is 0 Å². The van der Waals surface area contributed by atoms with Crippen LogP contribution < -0.4 is 4.74 Å². The zero-order valence-electron chi connectivity index (χ0n) is 16.2. The first-order valence-corrected chi connectivity index (χ1v) is 10.1. The van der Waals surface area contributed by atoms with Crippen molar-refractivity contribution in [2.45, 2.75) is 77.2 Å². The van der Waals surface area contributed by atoms with Gasteiger partial charge in [0.25, 0.3) is 6.47 Å². The van der Waals surface area contributed by atoms with E-state index >= 15 is 0 Å². The molecule has 0 N–H and O–H groups in total. The van der Waals surface area contributed by atoms with E-state index in [1.54, 1.807) is 18.2 Å². The number of Topliss-reactive ketones (excluding diaryl/α,β-unsaturated/α-hetero) is 2. The Hall–Kier alpha value is -2.17. The number of hydrogen-bond acceptors (Lipinski definition) is 5. The molecule has 1 atom stereocenters. The van der Waals surface area contributed by atoms with Crippen molar-refractivity contribution in [3.05, 3.63) is 29.3 Å². The molecule has 1 aliphatic carbocycles. The lowest BCUT2D eigenvalue weighted by molar-refractivity contribution is -0.130. The number of fused-ring (bicyclic) bond motifs is 1. The summed E-state index contributed by atoms with van der Waals surface area (Å²) in [6.45, 7) is 2.88. The molecule has 1 aromatic rings. The van der Waals surface area contributed by atoms with Crippen LogP contribution in [0.1, 0.15) is 91.8 Å². The van der Waals surface area contributed by atoms with Crippen molar-refractivity contribution in [3.8, 4) is 5.75 Å². The lowest BCUT2D eigenvalue weighted by Crippen LogP contribution is -2.25. The average molecular weight is 374 g/mol. The molecule has 148 valence electrons. The summed E-state index contributed by atoms with van der Waals surface area (Å²) in [5, 5.41) is 0. The average Bonchev–Trinajstić information content (AvgIpc) is 2.92. The molecule has 27 heavy (non-hydrogen) atoms. The molecular formula is C22H30O5. The molecule has 0 spiro atoms. The minimum Gasteiger partial charge on any atom is -0.493 e. The third kappa shape index (κ3) is 5.91. The van der Waals surface area contributed by atoms with Crippen LogP contribution in [0, 0.1) is 0 Å². The van der Waals surface area contributed by atoms with Gasteiger partial charge in [-0.15, -0.1) is 0 Å². The third-order valence-electron chi connectivity index (χ3n) is 4.96. The van der Waals surface area contributed by atoms with Gasteiger partial charge in [-0.25, -0.2) is 0 Å². The number of carbonyl (C=O) groups excluding carboxylic acids is 3. The van der Waals surface area contributed by atoms with Gasteiger partial charge in [0, 0.05) is 5.56 Å². The quantitative estimate of drug-likeness (QED) is 0.263. The minimum absolute atomic E-state index is 0.136. The monoisotopic (exact) mass is 374 g/mol. The van der Waals surface area contributed by atoms with Crippen LogP contribution in [0.25, 0.3) is 0 Å². The second kappa shape index (κ2) is 11.5. The number of hydrogen-bond donors (Lipinski definition) is 0. The first-order valence-electron chi connectivity index (χ1n) is 10.1. The summed E-state index contributed by atoms with van der Waals surface area (Å²) >= 11 is 0. The maximum atomic E-state index is 12.3. The van der Waals surface area contributed by atoms with Gasteiger partial charge < -0.3 is 9.47 Å². The first kappa shape index (κ1) is 21.1. The van der Waals surface area contributed by atoms with Crippen LogP contribution in [-0.4, -0.2) is 30.7 Å². The van der Waals surface area contributed by atoms with E-state index < -0.39 is 17.7 Å². The fourth-order valence-corrected chi connectivity index (χ4v) is 3.45. The number of carbonyl (C=O) groups is 3. The second-order valence-electron chi connectivity index (χ2n) is 7.05. The maximum Gasteiger partial charge on any atom is 0.294 e. The molecule has 0 bridgehead atoms. The van der Waals surface area contributed by atoms with Gasteiger partial charge in [-0.05, 0) is 12.5 Å². The van der Waals surface area contributed by atoms with E-state index in [1.165, 1.54) is 51.4 Å². The van der Waals surface area contributed by atoms with Crippen molar-refractivity contribution in [2.75, 3.05) is 6.61 Å². The van der Waals surface area contributed by atoms with Crippen LogP contribution in [0.2, 0.25) is 0 Å². The highest BCUT2D eigenvalue weighted by Gasteiger charge is 2.42. The topological polar surface area (TPSA) is 69.7 Å². The van der Waals surface area contributed by atoms with E-state index in [2.05, 4.69) is 11.7 Å². The van der Waals surface area contributed by atoms with Crippen molar-refractivity contribution in [1.82, 2.24) is 0 Å². The molecule has 1 aliphatic rings. The SMILES string of the molecule is CCCCCCCCCCCCOc1cccc2c1C(=O)C(OC=O)C2=O. The Labute approximate surface area is 161 Å². The van der Waals surface area contributed by atoms with Gasteiger partial charge in [0.05, 0.1) is 12.2 Å². The van der Waals surface area contributed by atoms with Gasteiger partial charge in [0.15, 0.2) is 0 Å². The molecular weight excluding hydrogens is 344 g/mol. The Kier molecular flexibility index (Phi) is 9.02. The predicted molar refractivity (Wildman–Crippen MR) is 103 cm³/mol. The number of ether oxygens (including phenoxy) is 2. The number of unbranched alkanes of at least 4 members (excludes halogenated alkanes) is 9. The fraction of sp³-hybridized carbons (Fsp3) is 0.591. The van der Waals surface area contributed by atoms with Crippen molar-refractivity contribution in [1.29, 1.82) is 0 Å². The molecule has 1 unspecified atom stereocenters. The fourth-order valence-electron chi connectivity index (χ4n) is 3.45. The number of rotatable bonds is 14. The Balaban J connectivity index is 1.69. The normalized spacial score (nSPS) is 15.7. The van der Waals surface area contributed by atoms with Crippen LogP contribution in [0.4, 0.5) is 0 Å². The molecule has 0 aromatic heterocycles. The summed E-state index contributed by atoms with van der Waals surface area (Å²) in [4.78, 5) is 35.0. The zero-order valence-corrected chi connectivity index (χ0v) is 16.2. The summed E-state index contributed by atoms with van der Waals surface area (Å²) in [6, 6.07) is 4.93. The third-order valence-corrected chi connectivity index (χ3v) is 4.96. The predicted octanol–water partition coefficient (Wildman–Crippen LogP) is 4.91. The Bertz CT molecular complexity index is 638. The van der Waals surface area contributed by atoms with Crippen LogP contribution >= 0.6 is 0 Å². The Morgan fingerprint density at radius 3 is 2.15 bits per heavy atom. The molecule has 0 heterocycles. The van der Waals surface area contributed by atoms with Gasteiger partial charge in [-0.2, -0.15) is 0 Å². The van der Waals surface area contributed by atoms with Crippen LogP contribution in [-0.2, 0) is 9.53 Å². The Morgan fingerprint density at radius 2 is 1.52 bits per heavy atom. The highest BCUT2D eigenvalue weighted by Crippen LogP contribution is 2.32. The molecule has 5 heteroatoms. The Morgan fingerprint density at radius 1 is 0.889 bits per heavy atom. The van der Waals surface area contributed by atoms with Crippen LogP contribution in [0.15, 0.2) is 18.2 Å². The van der Waals surface area contributed by atoms with Gasteiger partial charge in [-0.3, -0.25) is 14.4 Å². The molecule has 0 saturated heterocycles. The molecule has 0 fully saturated rings. The summed E-state index contributed by atoms with van der Waals surface area (Å²) in [7, 11) is 0. The van der Waals surface area contributed by atoms with E-state index in [0.717, 1.165) is 12.8 Å². The maximum absolute atomic E-state index is 12.3. The summed E-state index contributed by atoms with van der Waals surface area (Å²) in [5.41, 5.74) is 0.508. The molecule has 0 aliphatic heterocycles. The van der Waals surface area contributed by atoms with Gasteiger partial charge >= 0.3 is 0 Å². The van der Waals surface area contributed by atoms with Gasteiger partial charge in [0.1, 0.15) is 5.75 Å². The smallest absolute Gasteiger partial charge is 0.294 e. The van der Waals surface area contributed by atoms with E-state index in [1.807, 2.05) is 0 Å². The van der Waals surface area contributed by atoms with Crippen LogP contribution in [0.5, 0.6) is 5.75 Å². The summed E-state index contributed by atoms with van der Waals surface area (Å²) < 4.78 is 10.4. The lowest BCUT2D eigenvalue weighted by atomic mass is 10.1. The molecule has 2 rings (SSSR count). The largest absolute Gasteiger partial charge is 0.493 e. The highest BCUT2D eigenvalue weighted by molar-refractivity contribution is 6.30. The summed E-state index contributed by atoms with van der Waals surface area (Å²) in [6.07, 6.45) is 11.0. The van der Waals surface area contributed by atoms with E-state index in [9.17, 15) is 14.4 Å². The molecule has 0 amide bonds. The van der Waals surface area contributed by atoms with Crippen molar-refractivity contribution in [3.63, 3.8) is 0 Å². The zero-order chi connectivity index (χ0) is 19.5. The van der Waals surface area contributed by atoms with Crippen molar-refractivity contribution in [2.24, 2.45) is 0 Å². The molecule has 5 nitrogen and oxygen atoms in total. The second-order valence-corrected chi connectivity index (χ2v) is 7.05. The molecule has 0 saturated carbocycles.